The minimum Gasteiger partial charge on any atom is -0.481 e. The number of carboxylic acids is 1. The van der Waals surface area contributed by atoms with Crippen molar-refractivity contribution in [1.29, 1.82) is 0 Å². The van der Waals surface area contributed by atoms with E-state index in [0.717, 1.165) is 30.4 Å². The Bertz CT molecular complexity index is 975. The normalized spacial score (nSPS) is 42.1. The van der Waals surface area contributed by atoms with Crippen LogP contribution in [0, 0.1) is 45.3 Å². The summed E-state index contributed by atoms with van der Waals surface area (Å²) in [6, 6.07) is 0. The fourth-order valence-corrected chi connectivity index (χ4v) is 9.02. The maximum atomic E-state index is 12.6. The van der Waals surface area contributed by atoms with Gasteiger partial charge in [-0.05, 0) is 84.2 Å². The first-order valence-electron chi connectivity index (χ1n) is 14.0. The molecule has 202 valence electrons. The number of hydrogen-bond donors (Lipinski definition) is 4. The van der Waals surface area contributed by atoms with Gasteiger partial charge < -0.3 is 20.4 Å². The highest BCUT2D eigenvalue weighted by Crippen LogP contribution is 2.71. The van der Waals surface area contributed by atoms with Crippen molar-refractivity contribution in [3.63, 3.8) is 0 Å². The number of hydrogen-bond acceptors (Lipinski definition) is 4. The summed E-state index contributed by atoms with van der Waals surface area (Å²) in [6.45, 7) is 17.0. The predicted octanol–water partition coefficient (Wildman–Crippen LogP) is 5.51. The van der Waals surface area contributed by atoms with Crippen LogP contribution in [0.15, 0.2) is 35.5 Å². The molecule has 0 bridgehead atoms. The number of aliphatic hydroxyl groups excluding tert-OH is 3. The van der Waals surface area contributed by atoms with Gasteiger partial charge in [0.15, 0.2) is 0 Å². The summed E-state index contributed by atoms with van der Waals surface area (Å²) < 4.78 is 0. The largest absolute Gasteiger partial charge is 0.481 e. The molecule has 2 saturated carbocycles. The average molecular weight is 501 g/mol. The van der Waals surface area contributed by atoms with Crippen molar-refractivity contribution in [2.24, 2.45) is 45.3 Å². The lowest BCUT2D eigenvalue weighted by Crippen LogP contribution is -2.56. The Balaban J connectivity index is 1.76. The molecule has 0 aliphatic heterocycles. The van der Waals surface area contributed by atoms with Gasteiger partial charge in [0, 0.05) is 11.3 Å². The van der Waals surface area contributed by atoms with Crippen LogP contribution < -0.4 is 0 Å². The SMILES string of the molecule is C=C(CC[C@@H](C(=O)O)[C@H]1[C@H](O)C[C@@]2(CO)C3=CC[C@H]4C(C)(C)[C@@H](O)CC[C@]4(C)C3=CC[C@]12C)C(C)C. The van der Waals surface area contributed by atoms with Crippen molar-refractivity contribution in [1.82, 2.24) is 0 Å². The van der Waals surface area contributed by atoms with Crippen LogP contribution in [0.3, 0.4) is 0 Å². The van der Waals surface area contributed by atoms with E-state index in [4.69, 9.17) is 0 Å². The van der Waals surface area contributed by atoms with Crippen LogP contribution in [-0.2, 0) is 4.79 Å². The van der Waals surface area contributed by atoms with E-state index >= 15 is 0 Å². The molecule has 8 atom stereocenters. The first kappa shape index (κ1) is 27.6. The van der Waals surface area contributed by atoms with Gasteiger partial charge in [-0.1, -0.05) is 65.8 Å². The molecule has 0 heterocycles. The minimum atomic E-state index is -0.868. The Morgan fingerprint density at radius 3 is 2.39 bits per heavy atom. The Kier molecular flexibility index (Phi) is 6.97. The zero-order valence-corrected chi connectivity index (χ0v) is 23.2. The number of carboxylic acid groups (broad SMARTS) is 1. The van der Waals surface area contributed by atoms with E-state index in [1.54, 1.807) is 0 Å². The molecule has 0 saturated heterocycles. The molecule has 0 aromatic carbocycles. The molecule has 4 N–H and O–H groups in total. The molecule has 4 aliphatic carbocycles. The van der Waals surface area contributed by atoms with Crippen LogP contribution >= 0.6 is 0 Å². The number of fused-ring (bicyclic) bond motifs is 5. The molecular weight excluding hydrogens is 452 g/mol. The Hall–Kier alpha value is -1.43. The lowest BCUT2D eigenvalue weighted by atomic mass is 9.44. The molecule has 0 unspecified atom stereocenters. The highest BCUT2D eigenvalue weighted by Gasteiger charge is 2.68. The quantitative estimate of drug-likeness (QED) is 0.346. The number of allylic oxidation sites excluding steroid dienone is 4. The van der Waals surface area contributed by atoms with E-state index in [-0.39, 0.29) is 23.5 Å². The van der Waals surface area contributed by atoms with E-state index in [1.807, 2.05) is 0 Å². The average Bonchev–Trinajstić information content (AvgIpc) is 3.03. The summed E-state index contributed by atoms with van der Waals surface area (Å²) in [7, 11) is 0. The number of aliphatic hydroxyl groups is 3. The zero-order chi connectivity index (χ0) is 26.8. The molecule has 36 heavy (non-hydrogen) atoms. The maximum absolute atomic E-state index is 12.6. The third kappa shape index (κ3) is 3.71. The van der Waals surface area contributed by atoms with Crippen molar-refractivity contribution in [3.8, 4) is 0 Å². The van der Waals surface area contributed by atoms with E-state index in [0.29, 0.717) is 37.5 Å². The van der Waals surface area contributed by atoms with Crippen molar-refractivity contribution in [2.45, 2.75) is 98.7 Å². The Morgan fingerprint density at radius 2 is 1.81 bits per heavy atom. The molecule has 0 aromatic rings. The number of carbonyl (C=O) groups is 1. The van der Waals surface area contributed by atoms with E-state index in [9.17, 15) is 25.2 Å². The van der Waals surface area contributed by atoms with Gasteiger partial charge in [-0.2, -0.15) is 0 Å². The van der Waals surface area contributed by atoms with Gasteiger partial charge in [-0.3, -0.25) is 4.79 Å². The molecule has 4 rings (SSSR count). The second-order valence-electron chi connectivity index (χ2n) is 13.8. The van der Waals surface area contributed by atoms with E-state index in [1.165, 1.54) is 5.57 Å². The second kappa shape index (κ2) is 9.10. The van der Waals surface area contributed by atoms with Crippen LogP contribution in [-0.4, -0.2) is 45.2 Å². The molecule has 0 aromatic heterocycles. The summed E-state index contributed by atoms with van der Waals surface area (Å²) in [5, 5.41) is 43.7. The zero-order valence-electron chi connectivity index (χ0n) is 23.2. The van der Waals surface area contributed by atoms with Crippen molar-refractivity contribution >= 4 is 5.97 Å². The highest BCUT2D eigenvalue weighted by atomic mass is 16.4. The van der Waals surface area contributed by atoms with Gasteiger partial charge in [0.05, 0.1) is 24.7 Å². The predicted molar refractivity (Wildman–Crippen MR) is 142 cm³/mol. The van der Waals surface area contributed by atoms with Crippen molar-refractivity contribution in [2.75, 3.05) is 6.61 Å². The minimum absolute atomic E-state index is 0.0992. The number of aliphatic carboxylic acids is 1. The van der Waals surface area contributed by atoms with Gasteiger partial charge in [-0.15, -0.1) is 0 Å². The van der Waals surface area contributed by atoms with E-state index in [2.05, 4.69) is 60.3 Å². The first-order valence-corrected chi connectivity index (χ1v) is 14.0. The lowest BCUT2D eigenvalue weighted by molar-refractivity contribution is -0.149. The van der Waals surface area contributed by atoms with Gasteiger partial charge in [-0.25, -0.2) is 0 Å². The fraction of sp³-hybridized carbons (Fsp3) is 0.774. The van der Waals surface area contributed by atoms with Gasteiger partial charge >= 0.3 is 5.97 Å². The molecule has 0 spiro atoms. The molecule has 0 amide bonds. The van der Waals surface area contributed by atoms with Crippen molar-refractivity contribution in [3.05, 3.63) is 35.5 Å². The highest BCUT2D eigenvalue weighted by molar-refractivity contribution is 5.71. The monoisotopic (exact) mass is 500 g/mol. The fourth-order valence-electron chi connectivity index (χ4n) is 9.02. The third-order valence-corrected chi connectivity index (χ3v) is 11.6. The van der Waals surface area contributed by atoms with E-state index < -0.39 is 34.7 Å². The summed E-state index contributed by atoms with van der Waals surface area (Å²) in [5.74, 6) is -1.43. The van der Waals surface area contributed by atoms with Crippen LogP contribution in [0.4, 0.5) is 0 Å². The molecule has 5 nitrogen and oxygen atoms in total. The first-order chi connectivity index (χ1) is 16.7. The third-order valence-electron chi connectivity index (χ3n) is 11.6. The van der Waals surface area contributed by atoms with Gasteiger partial charge in [0.2, 0.25) is 0 Å². The standard InChI is InChI=1S/C31H48O5/c1-18(2)19(3)8-9-20(27(35)36)26-23(33)16-31(17-32)22-10-11-24-28(4,5)25(34)13-14-29(24,6)21(22)12-15-30(26,31)7/h10,12,18,20,23-26,32-34H,3,8-9,11,13-17H2,1-2,4-7H3,(H,35,36)/t20-,23-,24+,25+,26+,29-,30-,31-/m1/s1. The second-order valence-corrected chi connectivity index (χ2v) is 13.8. The molecule has 2 fully saturated rings. The van der Waals surface area contributed by atoms with Crippen LogP contribution in [0.25, 0.3) is 0 Å². The smallest absolute Gasteiger partial charge is 0.306 e. The summed E-state index contributed by atoms with van der Waals surface area (Å²) in [6.07, 6.45) is 8.01. The summed E-state index contributed by atoms with van der Waals surface area (Å²) >= 11 is 0. The summed E-state index contributed by atoms with van der Waals surface area (Å²) in [5.41, 5.74) is 1.87. The lowest BCUT2D eigenvalue weighted by Gasteiger charge is -2.61. The van der Waals surface area contributed by atoms with Crippen molar-refractivity contribution < 1.29 is 25.2 Å². The Morgan fingerprint density at radius 1 is 1.14 bits per heavy atom. The van der Waals surface area contributed by atoms with Gasteiger partial charge in [0.25, 0.3) is 0 Å². The molecule has 0 radical (unpaired) electrons. The molecule has 4 aliphatic rings. The topological polar surface area (TPSA) is 98.0 Å². The Labute approximate surface area is 217 Å². The van der Waals surface area contributed by atoms with Gasteiger partial charge in [0.1, 0.15) is 0 Å². The van der Waals surface area contributed by atoms with Crippen LogP contribution in [0.2, 0.25) is 0 Å². The molecular formula is C31H48O5. The maximum Gasteiger partial charge on any atom is 0.306 e. The number of rotatable bonds is 7. The van der Waals surface area contributed by atoms with Crippen LogP contribution in [0.5, 0.6) is 0 Å². The summed E-state index contributed by atoms with van der Waals surface area (Å²) in [4.78, 5) is 12.6. The van der Waals surface area contributed by atoms with Crippen LogP contribution in [0.1, 0.15) is 86.5 Å². The molecule has 5 heteroatoms.